The number of hydrogen-bond acceptors (Lipinski definition) is 2. The molecule has 2 bridgehead atoms. The van der Waals surface area contributed by atoms with Crippen LogP contribution in [0.1, 0.15) is 19.3 Å². The fourth-order valence-electron chi connectivity index (χ4n) is 1.85. The quantitative estimate of drug-likeness (QED) is 0.542. The highest BCUT2D eigenvalue weighted by Crippen LogP contribution is 2.61. The summed E-state index contributed by atoms with van der Waals surface area (Å²) in [5.41, 5.74) is 0. The molecule has 3 saturated carbocycles. The van der Waals surface area contributed by atoms with Crippen LogP contribution >= 0.6 is 0 Å². The first-order valence-electron chi connectivity index (χ1n) is 3.23. The minimum atomic E-state index is -2.70. The van der Waals surface area contributed by atoms with E-state index >= 15 is 0 Å². The van der Waals surface area contributed by atoms with Crippen molar-refractivity contribution in [1.82, 2.24) is 0 Å². The van der Waals surface area contributed by atoms with Crippen molar-refractivity contribution in [3.05, 3.63) is 0 Å². The van der Waals surface area contributed by atoms with Crippen LogP contribution in [0.25, 0.3) is 0 Å². The molecule has 3 rings (SSSR count). The molecule has 52 valence electrons. The summed E-state index contributed by atoms with van der Waals surface area (Å²) in [5.74, 6) is 0.764. The molecule has 0 amide bonds. The fraction of sp³-hybridized carbons (Fsp3) is 1.00. The van der Waals surface area contributed by atoms with Gasteiger partial charge >= 0.3 is 0 Å². The molecule has 0 heterocycles. The maximum atomic E-state index is 11.0. The molecule has 0 unspecified atom stereocenters. The van der Waals surface area contributed by atoms with Crippen LogP contribution in [0.4, 0.5) is 0 Å². The van der Waals surface area contributed by atoms with Crippen LogP contribution in [0.15, 0.2) is 0 Å². The molecule has 2 nitrogen and oxygen atoms in total. The molecule has 0 N–H and O–H groups in total. The second-order valence-corrected chi connectivity index (χ2v) is 5.84. The second-order valence-electron chi connectivity index (χ2n) is 3.43. The van der Waals surface area contributed by atoms with Gasteiger partial charge in [-0.2, -0.15) is 0 Å². The third kappa shape index (κ3) is 0.491. The molecular weight excluding hydrogens is 136 g/mol. The molecule has 9 heavy (non-hydrogen) atoms. The lowest BCUT2D eigenvalue weighted by Gasteiger charge is -2.59. The Hall–Kier alpha value is -0.0500. The third-order valence-electron chi connectivity index (χ3n) is 2.77. The van der Waals surface area contributed by atoms with Gasteiger partial charge in [0, 0.05) is 6.26 Å². The molecule has 0 radical (unpaired) electrons. The minimum absolute atomic E-state index is 0.225. The van der Waals surface area contributed by atoms with E-state index < -0.39 is 9.84 Å². The van der Waals surface area contributed by atoms with Gasteiger partial charge in [-0.3, -0.25) is 0 Å². The van der Waals surface area contributed by atoms with Crippen molar-refractivity contribution < 1.29 is 8.42 Å². The van der Waals surface area contributed by atoms with Gasteiger partial charge in [0.25, 0.3) is 0 Å². The molecule has 0 spiro atoms. The zero-order valence-electron chi connectivity index (χ0n) is 5.42. The number of rotatable bonds is 1. The summed E-state index contributed by atoms with van der Waals surface area (Å²) < 4.78 is 21.7. The monoisotopic (exact) mass is 146 g/mol. The van der Waals surface area contributed by atoms with Crippen LogP contribution in [-0.4, -0.2) is 19.4 Å². The molecule has 3 aliphatic carbocycles. The summed E-state index contributed by atoms with van der Waals surface area (Å²) in [6.45, 7) is 0. The van der Waals surface area contributed by atoms with E-state index in [-0.39, 0.29) is 4.75 Å². The van der Waals surface area contributed by atoms with Crippen molar-refractivity contribution in [3.63, 3.8) is 0 Å². The SMILES string of the molecule is CS(=O)(=O)C12CC(C1)C2. The normalized spacial score (nSPS) is 47.4. The van der Waals surface area contributed by atoms with Gasteiger partial charge in [-0.05, 0) is 25.2 Å². The first-order chi connectivity index (χ1) is 4.04. The predicted octanol–water partition coefficient (Wildman–Crippen LogP) is 0.584. The summed E-state index contributed by atoms with van der Waals surface area (Å²) in [4.78, 5) is 0. The first-order valence-corrected chi connectivity index (χ1v) is 5.12. The van der Waals surface area contributed by atoms with E-state index in [0.717, 1.165) is 25.2 Å². The first kappa shape index (κ1) is 5.71. The lowest BCUT2D eigenvalue weighted by atomic mass is 9.55. The standard InChI is InChI=1S/C6H10O2S/c1-9(7,8)6-2-5(3-6)4-6/h5H,2-4H2,1H3. The lowest BCUT2D eigenvalue weighted by Crippen LogP contribution is -2.62. The molecule has 0 aliphatic heterocycles. The Morgan fingerprint density at radius 3 is 1.78 bits per heavy atom. The second kappa shape index (κ2) is 1.19. The molecule has 3 aliphatic rings. The number of hydrogen-bond donors (Lipinski definition) is 0. The van der Waals surface area contributed by atoms with Gasteiger partial charge < -0.3 is 0 Å². The van der Waals surface area contributed by atoms with Gasteiger partial charge in [0.1, 0.15) is 0 Å². The van der Waals surface area contributed by atoms with Crippen LogP contribution in [0.2, 0.25) is 0 Å². The van der Waals surface area contributed by atoms with Crippen LogP contribution in [0.5, 0.6) is 0 Å². The average Bonchev–Trinajstić information content (AvgIpc) is 1.08. The maximum Gasteiger partial charge on any atom is 0.153 e. The van der Waals surface area contributed by atoms with E-state index in [1.807, 2.05) is 0 Å². The Morgan fingerprint density at radius 1 is 1.33 bits per heavy atom. The van der Waals surface area contributed by atoms with Gasteiger partial charge in [0.15, 0.2) is 9.84 Å². The summed E-state index contributed by atoms with van der Waals surface area (Å²) in [7, 11) is -2.70. The van der Waals surface area contributed by atoms with Gasteiger partial charge in [0.05, 0.1) is 4.75 Å². The molecule has 3 fully saturated rings. The number of sulfone groups is 1. The van der Waals surface area contributed by atoms with Crippen molar-refractivity contribution in [1.29, 1.82) is 0 Å². The van der Waals surface area contributed by atoms with Crippen LogP contribution in [-0.2, 0) is 9.84 Å². The van der Waals surface area contributed by atoms with Crippen molar-refractivity contribution >= 4 is 9.84 Å². The molecule has 0 aromatic carbocycles. The fourth-order valence-corrected chi connectivity index (χ4v) is 3.47. The largest absolute Gasteiger partial charge is 0.229 e. The lowest BCUT2D eigenvalue weighted by molar-refractivity contribution is 0.0490. The summed E-state index contributed by atoms with van der Waals surface area (Å²) in [6, 6.07) is 0. The van der Waals surface area contributed by atoms with Crippen LogP contribution < -0.4 is 0 Å². The summed E-state index contributed by atoms with van der Waals surface area (Å²) in [6.07, 6.45) is 4.21. The van der Waals surface area contributed by atoms with Crippen molar-refractivity contribution in [2.24, 2.45) is 5.92 Å². The van der Waals surface area contributed by atoms with Gasteiger partial charge in [-0.15, -0.1) is 0 Å². The zero-order valence-corrected chi connectivity index (χ0v) is 6.24. The highest BCUT2D eigenvalue weighted by Gasteiger charge is 2.62. The average molecular weight is 146 g/mol. The minimum Gasteiger partial charge on any atom is -0.229 e. The Labute approximate surface area is 55.2 Å². The van der Waals surface area contributed by atoms with E-state index in [0.29, 0.717) is 0 Å². The van der Waals surface area contributed by atoms with E-state index in [1.165, 1.54) is 6.26 Å². The van der Waals surface area contributed by atoms with E-state index in [9.17, 15) is 8.42 Å². The zero-order chi connectivity index (χ0) is 6.70. The van der Waals surface area contributed by atoms with Crippen LogP contribution in [0, 0.1) is 5.92 Å². The molecule has 0 aromatic heterocycles. The van der Waals surface area contributed by atoms with Crippen molar-refractivity contribution in [2.45, 2.75) is 24.0 Å². The van der Waals surface area contributed by atoms with E-state index in [4.69, 9.17) is 0 Å². The van der Waals surface area contributed by atoms with Crippen molar-refractivity contribution in [3.8, 4) is 0 Å². The molecule has 0 aromatic rings. The van der Waals surface area contributed by atoms with Gasteiger partial charge in [0.2, 0.25) is 0 Å². The van der Waals surface area contributed by atoms with Gasteiger partial charge in [-0.1, -0.05) is 0 Å². The summed E-state index contributed by atoms with van der Waals surface area (Å²) >= 11 is 0. The Bertz CT molecular complexity index is 223. The molecule has 0 saturated heterocycles. The summed E-state index contributed by atoms with van der Waals surface area (Å²) in [5, 5.41) is 0. The maximum absolute atomic E-state index is 11.0. The molecular formula is C6H10O2S. The van der Waals surface area contributed by atoms with Crippen molar-refractivity contribution in [2.75, 3.05) is 6.26 Å². The smallest absolute Gasteiger partial charge is 0.153 e. The van der Waals surface area contributed by atoms with E-state index in [2.05, 4.69) is 0 Å². The van der Waals surface area contributed by atoms with Crippen LogP contribution in [0.3, 0.4) is 0 Å². The highest BCUT2D eigenvalue weighted by molar-refractivity contribution is 7.92. The topological polar surface area (TPSA) is 34.1 Å². The Morgan fingerprint density at radius 2 is 1.78 bits per heavy atom. The third-order valence-corrected chi connectivity index (χ3v) is 4.84. The molecule has 3 heteroatoms. The Kier molecular flexibility index (Phi) is 0.757. The predicted molar refractivity (Wildman–Crippen MR) is 34.9 cm³/mol. The molecule has 0 atom stereocenters. The highest BCUT2D eigenvalue weighted by atomic mass is 32.2. The van der Waals surface area contributed by atoms with Gasteiger partial charge in [-0.25, -0.2) is 8.42 Å². The van der Waals surface area contributed by atoms with E-state index in [1.54, 1.807) is 0 Å². The Balaban J connectivity index is 2.33.